The first-order chi connectivity index (χ1) is 8.28. The Labute approximate surface area is 102 Å². The third kappa shape index (κ3) is 2.59. The molecule has 6 nitrogen and oxygen atoms in total. The Kier molecular flexibility index (Phi) is 3.25. The van der Waals surface area contributed by atoms with E-state index in [1.165, 1.54) is 12.1 Å². The van der Waals surface area contributed by atoms with Crippen LogP contribution in [0, 0.1) is 5.82 Å². The van der Waals surface area contributed by atoms with Crippen LogP contribution in [0.4, 0.5) is 4.39 Å². The lowest BCUT2D eigenvalue weighted by Crippen LogP contribution is -2.40. The number of nitrogens with two attached hydrogens (primary N) is 1. The lowest BCUT2D eigenvalue weighted by Gasteiger charge is -2.22. The normalized spacial score (nSPS) is 19.3. The van der Waals surface area contributed by atoms with Crippen LogP contribution in [0.1, 0.15) is 11.1 Å². The Morgan fingerprint density at radius 3 is 2.78 bits per heavy atom. The van der Waals surface area contributed by atoms with Gasteiger partial charge in [0.2, 0.25) is 0 Å². The van der Waals surface area contributed by atoms with Gasteiger partial charge in [0.1, 0.15) is 17.6 Å². The van der Waals surface area contributed by atoms with Crippen LogP contribution in [-0.4, -0.2) is 21.8 Å². The molecule has 1 aliphatic rings. The van der Waals surface area contributed by atoms with E-state index in [4.69, 9.17) is 20.3 Å². The molecule has 2 rings (SSSR count). The Hall–Kier alpha value is -1.27. The number of rotatable bonds is 2. The highest BCUT2D eigenvalue weighted by molar-refractivity contribution is 7.50. The quantitative estimate of drug-likeness (QED) is 0.406. The second-order valence-corrected chi connectivity index (χ2v) is 5.72. The van der Waals surface area contributed by atoms with Crippen molar-refractivity contribution in [3.05, 3.63) is 29.1 Å². The summed E-state index contributed by atoms with van der Waals surface area (Å²) in [4.78, 5) is 28.8. The largest absolute Gasteiger partial charge is 0.425 e. The number of hydrogen-bond acceptors (Lipinski definition) is 4. The fourth-order valence-corrected chi connectivity index (χ4v) is 2.46. The zero-order valence-electron chi connectivity index (χ0n) is 9.17. The fourth-order valence-electron chi connectivity index (χ4n) is 1.77. The minimum atomic E-state index is -4.36. The predicted molar refractivity (Wildman–Crippen MR) is 59.5 cm³/mol. The third-order valence-electron chi connectivity index (χ3n) is 2.59. The maximum absolute atomic E-state index is 14.0. The molecule has 0 saturated carbocycles. The molecule has 98 valence electrons. The lowest BCUT2D eigenvalue weighted by atomic mass is 10.00. The predicted octanol–water partition coefficient (Wildman–Crippen LogP) is 0.292. The van der Waals surface area contributed by atoms with Gasteiger partial charge in [0, 0.05) is 17.5 Å². The lowest BCUT2D eigenvalue weighted by molar-refractivity contribution is -0.136. The highest BCUT2D eigenvalue weighted by Crippen LogP contribution is 2.41. The van der Waals surface area contributed by atoms with Gasteiger partial charge in [-0.05, 0) is 6.07 Å². The molecule has 1 atom stereocenters. The molecule has 1 aromatic rings. The summed E-state index contributed by atoms with van der Waals surface area (Å²) >= 11 is 0. The molecule has 1 aliphatic heterocycles. The van der Waals surface area contributed by atoms with Crippen molar-refractivity contribution in [2.45, 2.75) is 18.6 Å². The molecule has 0 radical (unpaired) electrons. The van der Waals surface area contributed by atoms with Gasteiger partial charge in [-0.25, -0.2) is 9.18 Å². The molecule has 18 heavy (non-hydrogen) atoms. The Bertz CT molecular complexity index is 555. The molecule has 0 saturated heterocycles. The smallest absolute Gasteiger partial charge is 0.330 e. The summed E-state index contributed by atoms with van der Waals surface area (Å²) in [6, 6.07) is 1.54. The van der Waals surface area contributed by atoms with Crippen LogP contribution < -0.4 is 10.5 Å². The molecule has 1 heterocycles. The van der Waals surface area contributed by atoms with E-state index >= 15 is 0 Å². The molecule has 0 aliphatic carbocycles. The maximum atomic E-state index is 14.0. The third-order valence-corrected chi connectivity index (χ3v) is 3.35. The fraction of sp³-hybridized carbons (Fsp3) is 0.300. The highest BCUT2D eigenvalue weighted by atomic mass is 31.2. The van der Waals surface area contributed by atoms with Gasteiger partial charge < -0.3 is 20.3 Å². The zero-order valence-corrected chi connectivity index (χ0v) is 10.1. The second kappa shape index (κ2) is 4.44. The Morgan fingerprint density at radius 2 is 2.17 bits per heavy atom. The van der Waals surface area contributed by atoms with Crippen molar-refractivity contribution < 1.29 is 28.3 Å². The Balaban J connectivity index is 2.42. The van der Waals surface area contributed by atoms with E-state index in [-0.39, 0.29) is 23.3 Å². The van der Waals surface area contributed by atoms with Crippen LogP contribution in [0.5, 0.6) is 5.75 Å². The summed E-state index contributed by atoms with van der Waals surface area (Å²) in [7, 11) is -4.36. The average Bonchev–Trinajstić information content (AvgIpc) is 2.24. The molecule has 0 aromatic heterocycles. The summed E-state index contributed by atoms with van der Waals surface area (Å²) < 4.78 is 29.7. The topological polar surface area (TPSA) is 110 Å². The van der Waals surface area contributed by atoms with Gasteiger partial charge in [-0.15, -0.1) is 0 Å². The molecular weight excluding hydrogens is 264 g/mol. The second-order valence-electron chi connectivity index (χ2n) is 4.07. The van der Waals surface area contributed by atoms with E-state index in [0.29, 0.717) is 0 Å². The molecule has 1 unspecified atom stereocenters. The summed E-state index contributed by atoms with van der Waals surface area (Å²) in [5.74, 6) is -1.38. The van der Waals surface area contributed by atoms with Crippen molar-refractivity contribution >= 4 is 13.6 Å². The van der Waals surface area contributed by atoms with Gasteiger partial charge >= 0.3 is 13.6 Å². The first-order valence-electron chi connectivity index (χ1n) is 5.10. The highest BCUT2D eigenvalue weighted by Gasteiger charge is 2.29. The van der Waals surface area contributed by atoms with Crippen LogP contribution >= 0.6 is 7.60 Å². The van der Waals surface area contributed by atoms with Gasteiger partial charge in [-0.1, -0.05) is 6.07 Å². The van der Waals surface area contributed by atoms with Crippen LogP contribution in [0.2, 0.25) is 0 Å². The number of halogens is 1. The number of esters is 1. The first-order valence-corrected chi connectivity index (χ1v) is 6.90. The van der Waals surface area contributed by atoms with Crippen molar-refractivity contribution in [1.29, 1.82) is 0 Å². The molecule has 0 bridgehead atoms. The number of hydrogen-bond donors (Lipinski definition) is 3. The van der Waals surface area contributed by atoms with Gasteiger partial charge in [0.05, 0.1) is 6.16 Å². The number of carbonyl (C=O) groups excluding carboxylic acids is 1. The zero-order chi connectivity index (χ0) is 13.5. The van der Waals surface area contributed by atoms with E-state index in [1.54, 1.807) is 0 Å². The minimum Gasteiger partial charge on any atom is -0.425 e. The van der Waals surface area contributed by atoms with E-state index in [9.17, 15) is 13.8 Å². The van der Waals surface area contributed by atoms with Crippen LogP contribution in [-0.2, 0) is 21.9 Å². The van der Waals surface area contributed by atoms with Crippen molar-refractivity contribution in [2.75, 3.05) is 0 Å². The van der Waals surface area contributed by atoms with Crippen LogP contribution in [0.3, 0.4) is 0 Å². The Morgan fingerprint density at radius 1 is 1.50 bits per heavy atom. The number of benzene rings is 1. The summed E-state index contributed by atoms with van der Waals surface area (Å²) in [6.45, 7) is 0. The van der Waals surface area contributed by atoms with Crippen molar-refractivity contribution in [3.8, 4) is 5.75 Å². The van der Waals surface area contributed by atoms with Gasteiger partial charge in [0.15, 0.2) is 0 Å². The number of carbonyl (C=O) groups is 1. The van der Waals surface area contributed by atoms with Gasteiger partial charge in [-0.2, -0.15) is 0 Å². The SMILES string of the molecule is NC1Cc2c(ccc(CP(=O)(O)O)c2F)OC1=O. The molecular formula is C10H11FNO5P. The molecule has 8 heteroatoms. The summed E-state index contributed by atoms with van der Waals surface area (Å²) in [6.07, 6.45) is -0.746. The molecule has 1 aromatic carbocycles. The molecule has 0 fully saturated rings. The molecule has 4 N–H and O–H groups in total. The standard InChI is InChI=1S/C10H11FNO5P/c11-9-5(4-18(14,15)16)1-2-8-6(9)3-7(12)10(13)17-8/h1-2,7H,3-4,12H2,(H2,14,15,16). The first kappa shape index (κ1) is 13.2. The van der Waals surface area contributed by atoms with Crippen molar-refractivity contribution in [2.24, 2.45) is 5.73 Å². The average molecular weight is 275 g/mol. The van der Waals surface area contributed by atoms with Gasteiger partial charge in [-0.3, -0.25) is 4.57 Å². The number of ether oxygens (including phenoxy) is 1. The van der Waals surface area contributed by atoms with Crippen molar-refractivity contribution in [1.82, 2.24) is 0 Å². The van der Waals surface area contributed by atoms with E-state index in [2.05, 4.69) is 0 Å². The van der Waals surface area contributed by atoms with Gasteiger partial charge in [0.25, 0.3) is 0 Å². The number of fused-ring (bicyclic) bond motifs is 1. The minimum absolute atomic E-state index is 0.0466. The monoisotopic (exact) mass is 275 g/mol. The maximum Gasteiger partial charge on any atom is 0.330 e. The molecule has 0 spiro atoms. The van der Waals surface area contributed by atoms with Crippen LogP contribution in [0.15, 0.2) is 12.1 Å². The van der Waals surface area contributed by atoms with E-state index < -0.39 is 31.6 Å². The summed E-state index contributed by atoms with van der Waals surface area (Å²) in [5.41, 5.74) is 5.40. The van der Waals surface area contributed by atoms with Crippen molar-refractivity contribution in [3.63, 3.8) is 0 Å². The van der Waals surface area contributed by atoms with E-state index in [1.807, 2.05) is 0 Å². The summed E-state index contributed by atoms with van der Waals surface area (Å²) in [5, 5.41) is 0. The van der Waals surface area contributed by atoms with Crippen LogP contribution in [0.25, 0.3) is 0 Å². The molecule has 0 amide bonds. The van der Waals surface area contributed by atoms with E-state index in [0.717, 1.165) is 0 Å².